The Morgan fingerprint density at radius 2 is 1.91 bits per heavy atom. The van der Waals surface area contributed by atoms with Crippen molar-refractivity contribution in [1.29, 1.82) is 0 Å². The molecule has 35 heavy (non-hydrogen) atoms. The minimum absolute atomic E-state index is 0.115. The molecule has 2 amide bonds. The van der Waals surface area contributed by atoms with Crippen molar-refractivity contribution in [3.8, 4) is 0 Å². The van der Waals surface area contributed by atoms with E-state index in [-0.39, 0.29) is 23.9 Å². The molecule has 3 heterocycles. The summed E-state index contributed by atoms with van der Waals surface area (Å²) >= 11 is 1.57. The van der Waals surface area contributed by atoms with E-state index in [0.29, 0.717) is 18.1 Å². The molecule has 2 aromatic rings. The van der Waals surface area contributed by atoms with E-state index in [2.05, 4.69) is 54.5 Å². The number of anilines is 1. The normalized spacial score (nSPS) is 17.5. The molecule has 1 fully saturated rings. The smallest absolute Gasteiger partial charge is 0.270 e. The average Bonchev–Trinajstić information content (AvgIpc) is 2.87. The number of hydrogen-bond donors (Lipinski definition) is 3. The fourth-order valence-corrected chi connectivity index (χ4v) is 5.24. The molecule has 1 atom stereocenters. The number of carbonyl (C=O) groups excluding carboxylic acids is 2. The van der Waals surface area contributed by atoms with E-state index >= 15 is 0 Å². The standard InChI is InChI=1S/C25H35N7O2S/c1-18(33)32-11-8-21(9-12-32)29-24-13-23(27-17-28-24)25(34)26-14-22(30-35-2)16-31-10-7-19-5-3-4-6-20(19)15-31/h3-6,13,17,21-22,30H,7-12,14-16H2,1-2H3,(H,26,34)(H,27,28,29). The van der Waals surface area contributed by atoms with Crippen molar-refractivity contribution in [2.24, 2.45) is 0 Å². The van der Waals surface area contributed by atoms with E-state index in [1.165, 1.54) is 17.5 Å². The van der Waals surface area contributed by atoms with Gasteiger partial charge in [-0.3, -0.25) is 19.2 Å². The molecule has 1 aromatic heterocycles. The number of piperidine rings is 1. The molecular formula is C25H35N7O2S. The maximum absolute atomic E-state index is 12.9. The summed E-state index contributed by atoms with van der Waals surface area (Å²) in [6, 6.07) is 10.7. The highest BCUT2D eigenvalue weighted by molar-refractivity contribution is 7.96. The van der Waals surface area contributed by atoms with Gasteiger partial charge in [-0.15, -0.1) is 0 Å². The van der Waals surface area contributed by atoms with E-state index in [1.807, 2.05) is 11.2 Å². The number of likely N-dealkylation sites (tertiary alicyclic amines) is 1. The van der Waals surface area contributed by atoms with Crippen LogP contribution >= 0.6 is 11.9 Å². The van der Waals surface area contributed by atoms with E-state index in [0.717, 1.165) is 52.0 Å². The van der Waals surface area contributed by atoms with Gasteiger partial charge in [0.1, 0.15) is 17.8 Å². The number of amides is 2. The zero-order chi connectivity index (χ0) is 24.6. The monoisotopic (exact) mass is 497 g/mol. The Balaban J connectivity index is 1.28. The molecule has 1 unspecified atom stereocenters. The number of rotatable bonds is 9. The molecule has 3 N–H and O–H groups in total. The quantitative estimate of drug-likeness (QED) is 0.452. The van der Waals surface area contributed by atoms with Gasteiger partial charge < -0.3 is 15.5 Å². The van der Waals surface area contributed by atoms with Crippen LogP contribution in [0.5, 0.6) is 0 Å². The van der Waals surface area contributed by atoms with E-state index < -0.39 is 0 Å². The van der Waals surface area contributed by atoms with Crippen molar-refractivity contribution >= 4 is 29.6 Å². The predicted molar refractivity (Wildman–Crippen MR) is 139 cm³/mol. The first-order valence-corrected chi connectivity index (χ1v) is 13.4. The molecule has 9 nitrogen and oxygen atoms in total. The van der Waals surface area contributed by atoms with Crippen LogP contribution in [0.3, 0.4) is 0 Å². The second-order valence-electron chi connectivity index (χ2n) is 9.20. The Kier molecular flexibility index (Phi) is 8.95. The van der Waals surface area contributed by atoms with Crippen molar-refractivity contribution in [2.45, 2.75) is 44.8 Å². The van der Waals surface area contributed by atoms with Crippen LogP contribution in [0, 0.1) is 0 Å². The fraction of sp³-hybridized carbons (Fsp3) is 0.520. The van der Waals surface area contributed by atoms with Crippen LogP contribution in [-0.2, 0) is 17.8 Å². The summed E-state index contributed by atoms with van der Waals surface area (Å²) in [7, 11) is 0. The SMILES string of the molecule is CSNC(CNC(=O)c1cc(NC2CCN(C(C)=O)CC2)ncn1)CN1CCc2ccccc2C1. The summed E-state index contributed by atoms with van der Waals surface area (Å²) < 4.78 is 3.42. The lowest BCUT2D eigenvalue weighted by Crippen LogP contribution is -2.47. The minimum Gasteiger partial charge on any atom is -0.367 e. The van der Waals surface area contributed by atoms with E-state index in [4.69, 9.17) is 0 Å². The Morgan fingerprint density at radius 3 is 2.66 bits per heavy atom. The van der Waals surface area contributed by atoms with Gasteiger partial charge in [0.2, 0.25) is 5.91 Å². The van der Waals surface area contributed by atoms with Gasteiger partial charge in [0, 0.05) is 64.3 Å². The van der Waals surface area contributed by atoms with Crippen LogP contribution in [0.4, 0.5) is 5.82 Å². The molecule has 0 saturated carbocycles. The Bertz CT molecular complexity index is 1010. The molecule has 0 radical (unpaired) electrons. The minimum atomic E-state index is -0.209. The summed E-state index contributed by atoms with van der Waals surface area (Å²) in [5.41, 5.74) is 3.17. The highest BCUT2D eigenvalue weighted by Gasteiger charge is 2.22. The highest BCUT2D eigenvalue weighted by Crippen LogP contribution is 2.19. The molecule has 4 rings (SSSR count). The number of hydrogen-bond acceptors (Lipinski definition) is 8. The Labute approximate surface area is 211 Å². The van der Waals surface area contributed by atoms with Crippen molar-refractivity contribution in [3.63, 3.8) is 0 Å². The van der Waals surface area contributed by atoms with Gasteiger partial charge in [-0.25, -0.2) is 9.97 Å². The maximum atomic E-state index is 12.9. The second kappa shape index (κ2) is 12.3. The molecule has 1 saturated heterocycles. The number of carbonyl (C=O) groups is 2. The molecule has 0 spiro atoms. The Morgan fingerprint density at radius 1 is 1.14 bits per heavy atom. The average molecular weight is 498 g/mol. The van der Waals surface area contributed by atoms with E-state index in [1.54, 1.807) is 24.9 Å². The molecule has 188 valence electrons. The third kappa shape index (κ3) is 7.16. The van der Waals surface area contributed by atoms with Gasteiger partial charge >= 0.3 is 0 Å². The number of nitrogens with zero attached hydrogens (tertiary/aromatic N) is 4. The summed E-state index contributed by atoms with van der Waals surface area (Å²) in [5, 5.41) is 6.43. The number of fused-ring (bicyclic) bond motifs is 1. The lowest BCUT2D eigenvalue weighted by molar-refractivity contribution is -0.129. The van der Waals surface area contributed by atoms with Gasteiger partial charge in [-0.2, -0.15) is 0 Å². The first-order chi connectivity index (χ1) is 17.0. The molecule has 0 bridgehead atoms. The summed E-state index contributed by atoms with van der Waals surface area (Å²) in [6.07, 6.45) is 6.19. The third-order valence-electron chi connectivity index (χ3n) is 6.67. The number of benzene rings is 1. The summed E-state index contributed by atoms with van der Waals surface area (Å²) in [6.45, 7) is 6.38. The van der Waals surface area contributed by atoms with Gasteiger partial charge in [0.15, 0.2) is 0 Å². The van der Waals surface area contributed by atoms with E-state index in [9.17, 15) is 9.59 Å². The van der Waals surface area contributed by atoms with Gasteiger partial charge in [0.25, 0.3) is 5.91 Å². The first-order valence-electron chi connectivity index (χ1n) is 12.2. The summed E-state index contributed by atoms with van der Waals surface area (Å²) in [4.78, 5) is 37.1. The molecular weight excluding hydrogens is 462 g/mol. The van der Waals surface area contributed by atoms with Crippen LogP contribution in [0.25, 0.3) is 0 Å². The molecule has 0 aliphatic carbocycles. The fourth-order valence-electron chi connectivity index (χ4n) is 4.75. The summed E-state index contributed by atoms with van der Waals surface area (Å²) in [5.74, 6) is 0.541. The molecule has 2 aliphatic heterocycles. The largest absolute Gasteiger partial charge is 0.367 e. The van der Waals surface area contributed by atoms with Crippen molar-refractivity contribution < 1.29 is 9.59 Å². The lowest BCUT2D eigenvalue weighted by atomic mass is 9.99. The Hall–Kier alpha value is -2.69. The van der Waals surface area contributed by atoms with Gasteiger partial charge in [-0.1, -0.05) is 36.2 Å². The zero-order valence-corrected chi connectivity index (χ0v) is 21.3. The second-order valence-corrected chi connectivity index (χ2v) is 9.84. The molecule has 2 aliphatic rings. The number of aromatic nitrogens is 2. The molecule has 10 heteroatoms. The maximum Gasteiger partial charge on any atom is 0.270 e. The number of nitrogens with one attached hydrogen (secondary N) is 3. The van der Waals surface area contributed by atoms with Crippen molar-refractivity contribution in [2.75, 3.05) is 44.3 Å². The topological polar surface area (TPSA) is 102 Å². The highest BCUT2D eigenvalue weighted by atomic mass is 32.2. The first kappa shape index (κ1) is 25.4. The van der Waals surface area contributed by atoms with Crippen LogP contribution in [0.15, 0.2) is 36.7 Å². The predicted octanol–water partition coefficient (Wildman–Crippen LogP) is 1.92. The van der Waals surface area contributed by atoms with Crippen LogP contribution in [-0.4, -0.2) is 82.6 Å². The van der Waals surface area contributed by atoms with Gasteiger partial charge in [0.05, 0.1) is 0 Å². The van der Waals surface area contributed by atoms with Crippen LogP contribution in [0.1, 0.15) is 41.4 Å². The van der Waals surface area contributed by atoms with Crippen molar-refractivity contribution in [3.05, 3.63) is 53.5 Å². The van der Waals surface area contributed by atoms with Crippen molar-refractivity contribution in [1.82, 2.24) is 29.8 Å². The van der Waals surface area contributed by atoms with Crippen LogP contribution in [0.2, 0.25) is 0 Å². The van der Waals surface area contributed by atoms with Crippen LogP contribution < -0.4 is 15.4 Å². The molecule has 1 aromatic carbocycles. The zero-order valence-electron chi connectivity index (χ0n) is 20.5. The van der Waals surface area contributed by atoms with Gasteiger partial charge in [-0.05, 0) is 36.6 Å². The lowest BCUT2D eigenvalue weighted by Gasteiger charge is -2.32. The third-order valence-corrected chi connectivity index (χ3v) is 7.24.